The van der Waals surface area contributed by atoms with E-state index in [-0.39, 0.29) is 27.8 Å². The van der Waals surface area contributed by atoms with E-state index in [1.165, 1.54) is 42.9 Å². The SMILES string of the molecule is Cc1cc(C)c(B2c3ccccc3Sc3c2cccc3N(c2[c-]c3c(cc2)c2ccccc2n3-c2ccccn2)c2[c-]c3c(cc2)c2ccccc2n3-c2ccccn2)c(C)c1.[Pt+2]. The summed E-state index contributed by atoms with van der Waals surface area (Å²) < 4.78 is 4.48. The van der Waals surface area contributed by atoms with Crippen molar-refractivity contribution in [2.75, 3.05) is 4.90 Å². The molecule has 1 aliphatic heterocycles. The van der Waals surface area contributed by atoms with Crippen LogP contribution in [0.3, 0.4) is 0 Å². The fourth-order valence-corrected chi connectivity index (χ4v) is 11.2. The molecule has 0 N–H and O–H groups in total. The van der Waals surface area contributed by atoms with Gasteiger partial charge in [-0.15, -0.1) is 35.0 Å². The van der Waals surface area contributed by atoms with Gasteiger partial charge in [0.2, 0.25) is 6.71 Å². The third-order valence-electron chi connectivity index (χ3n) is 12.4. The van der Waals surface area contributed by atoms with E-state index in [0.717, 1.165) is 72.3 Å². The zero-order valence-electron chi connectivity index (χ0n) is 34.8. The van der Waals surface area contributed by atoms with Gasteiger partial charge in [-0.3, -0.25) is 0 Å². The molecule has 302 valence electrons. The molecule has 63 heavy (non-hydrogen) atoms. The molecule has 11 aromatic rings. The average molecular weight is 1010 g/mol. The number of anilines is 3. The molecule has 1 aliphatic rings. The Morgan fingerprint density at radius 1 is 0.524 bits per heavy atom. The summed E-state index contributed by atoms with van der Waals surface area (Å²) in [4.78, 5) is 14.6. The summed E-state index contributed by atoms with van der Waals surface area (Å²) in [6, 6.07) is 66.6. The number of hydrogen-bond acceptors (Lipinski definition) is 4. The minimum Gasteiger partial charge on any atom is -0.357 e. The number of pyridine rings is 2. The van der Waals surface area contributed by atoms with Crippen molar-refractivity contribution in [3.8, 4) is 11.6 Å². The van der Waals surface area contributed by atoms with Gasteiger partial charge in [0.25, 0.3) is 0 Å². The normalized spacial score (nSPS) is 12.1. The van der Waals surface area contributed by atoms with Crippen LogP contribution in [0, 0.1) is 32.9 Å². The van der Waals surface area contributed by atoms with E-state index in [1.54, 1.807) is 0 Å². The van der Waals surface area contributed by atoms with Gasteiger partial charge in [-0.05, 0) is 80.1 Å². The monoisotopic (exact) mass is 1010 g/mol. The smallest absolute Gasteiger partial charge is 0.357 e. The number of aromatic nitrogens is 4. The summed E-state index contributed by atoms with van der Waals surface area (Å²) in [5, 5.41) is 4.56. The Kier molecular flexibility index (Phi) is 9.71. The van der Waals surface area contributed by atoms with Crippen molar-refractivity contribution in [3.63, 3.8) is 0 Å². The maximum absolute atomic E-state index is 4.85. The fourth-order valence-electron chi connectivity index (χ4n) is 9.97. The van der Waals surface area contributed by atoms with Gasteiger partial charge in [-0.2, -0.15) is 12.1 Å². The van der Waals surface area contributed by atoms with Crippen LogP contribution >= 0.6 is 11.8 Å². The summed E-state index contributed by atoms with van der Waals surface area (Å²) in [5.74, 6) is 1.70. The maximum Gasteiger partial charge on any atom is 2.00 e. The second kappa shape index (κ2) is 15.6. The first-order valence-corrected chi connectivity index (χ1v) is 21.8. The molecule has 0 unspecified atom stereocenters. The van der Waals surface area contributed by atoms with Crippen molar-refractivity contribution in [3.05, 3.63) is 205 Å². The van der Waals surface area contributed by atoms with Gasteiger partial charge < -0.3 is 14.0 Å². The molecule has 0 bridgehead atoms. The van der Waals surface area contributed by atoms with Crippen LogP contribution in [0.5, 0.6) is 0 Å². The molecular weight excluding hydrogens is 969 g/mol. The molecule has 7 aromatic carbocycles. The summed E-state index contributed by atoms with van der Waals surface area (Å²) in [5.41, 5.74) is 14.9. The minimum absolute atomic E-state index is 0. The van der Waals surface area contributed by atoms with Gasteiger partial charge in [0, 0.05) is 33.2 Å². The second-order valence-corrected chi connectivity index (χ2v) is 17.3. The molecule has 5 heterocycles. The van der Waals surface area contributed by atoms with Crippen LogP contribution in [0.25, 0.3) is 55.2 Å². The number of fused-ring (bicyclic) bond motifs is 8. The topological polar surface area (TPSA) is 38.9 Å². The van der Waals surface area contributed by atoms with E-state index in [1.807, 2.05) is 48.4 Å². The van der Waals surface area contributed by atoms with Gasteiger partial charge >= 0.3 is 21.1 Å². The van der Waals surface area contributed by atoms with Crippen LogP contribution in [0.2, 0.25) is 0 Å². The molecular formula is C55H38BN5PtS. The third-order valence-corrected chi connectivity index (χ3v) is 13.7. The largest absolute Gasteiger partial charge is 2.00 e. The molecule has 0 atom stereocenters. The van der Waals surface area contributed by atoms with Crippen molar-refractivity contribution in [2.45, 2.75) is 30.6 Å². The molecule has 0 radical (unpaired) electrons. The fraction of sp³-hybridized carbons (Fsp3) is 0.0545. The van der Waals surface area contributed by atoms with Crippen LogP contribution in [0.4, 0.5) is 17.1 Å². The Labute approximate surface area is 385 Å². The number of aryl methyl sites for hydroxylation is 3. The molecule has 0 fully saturated rings. The van der Waals surface area contributed by atoms with E-state index in [2.05, 4.69) is 186 Å². The number of para-hydroxylation sites is 2. The van der Waals surface area contributed by atoms with Gasteiger partial charge in [0.15, 0.2) is 0 Å². The Bertz CT molecular complexity index is 3380. The molecule has 0 amide bonds. The molecule has 0 aliphatic carbocycles. The van der Waals surface area contributed by atoms with Crippen molar-refractivity contribution in [1.82, 2.24) is 19.1 Å². The van der Waals surface area contributed by atoms with Gasteiger partial charge in [0.05, 0.1) is 5.69 Å². The van der Waals surface area contributed by atoms with E-state index < -0.39 is 0 Å². The quantitative estimate of drug-likeness (QED) is 0.123. The number of benzene rings is 7. The standard InChI is InChI=1S/C55H38BN5S.Pt/c1-35-31-36(2)54(37(3)32-35)56-44-17-6-9-22-51(44)62-55-45(56)18-14-21-48(55)59(38-25-27-42-40-15-4-7-19-46(40)60(49(42)33-38)52-23-10-12-29-57-52)39-26-28-43-41-16-5-8-20-47(41)61(50(43)34-39)53-24-11-13-30-58-53;/h4-32H,1-3H3;/q-2;+2. The number of nitrogens with zero attached hydrogens (tertiary/aromatic N) is 5. The zero-order chi connectivity index (χ0) is 41.5. The molecule has 0 saturated heterocycles. The van der Waals surface area contributed by atoms with Crippen molar-refractivity contribution in [2.24, 2.45) is 0 Å². The molecule has 12 rings (SSSR count). The third kappa shape index (κ3) is 6.28. The predicted molar refractivity (Wildman–Crippen MR) is 259 cm³/mol. The summed E-state index contributed by atoms with van der Waals surface area (Å²) in [7, 11) is 0. The molecule has 4 aromatic heterocycles. The Balaban J connectivity index is 0.00000444. The second-order valence-electron chi connectivity index (χ2n) is 16.2. The van der Waals surface area contributed by atoms with Crippen LogP contribution in [0.1, 0.15) is 16.7 Å². The summed E-state index contributed by atoms with van der Waals surface area (Å²) in [6.45, 7) is 6.79. The summed E-state index contributed by atoms with van der Waals surface area (Å²) in [6.07, 6.45) is 3.71. The van der Waals surface area contributed by atoms with Gasteiger partial charge in [0.1, 0.15) is 11.6 Å². The molecule has 0 saturated carbocycles. The number of hydrogen-bond donors (Lipinski definition) is 0. The van der Waals surface area contributed by atoms with Crippen LogP contribution in [-0.4, -0.2) is 25.8 Å². The van der Waals surface area contributed by atoms with E-state index >= 15 is 0 Å². The maximum atomic E-state index is 4.85. The van der Waals surface area contributed by atoms with Crippen LogP contribution in [0.15, 0.2) is 186 Å². The first-order chi connectivity index (χ1) is 30.5. The molecule has 0 spiro atoms. The van der Waals surface area contributed by atoms with Crippen LogP contribution in [-0.2, 0) is 21.1 Å². The first kappa shape index (κ1) is 39.2. The Morgan fingerprint density at radius 3 is 1.62 bits per heavy atom. The average Bonchev–Trinajstić information content (AvgIpc) is 3.81. The zero-order valence-corrected chi connectivity index (χ0v) is 37.9. The van der Waals surface area contributed by atoms with Crippen molar-refractivity contribution >= 4 is 95.5 Å². The Morgan fingerprint density at radius 2 is 1.05 bits per heavy atom. The van der Waals surface area contributed by atoms with E-state index in [0.29, 0.717) is 0 Å². The predicted octanol–water partition coefficient (Wildman–Crippen LogP) is 11.6. The summed E-state index contributed by atoms with van der Waals surface area (Å²) >= 11 is 1.86. The Hall–Kier alpha value is -6.66. The van der Waals surface area contributed by atoms with Crippen molar-refractivity contribution in [1.29, 1.82) is 0 Å². The van der Waals surface area contributed by atoms with Gasteiger partial charge in [-0.25, -0.2) is 9.97 Å². The van der Waals surface area contributed by atoms with Crippen molar-refractivity contribution < 1.29 is 21.1 Å². The first-order valence-electron chi connectivity index (χ1n) is 21.0. The molecule has 8 heteroatoms. The minimum atomic E-state index is 0. The van der Waals surface area contributed by atoms with Gasteiger partial charge in [-0.1, -0.05) is 158 Å². The van der Waals surface area contributed by atoms with Crippen LogP contribution < -0.4 is 21.3 Å². The van der Waals surface area contributed by atoms with E-state index in [9.17, 15) is 0 Å². The number of rotatable bonds is 6. The van der Waals surface area contributed by atoms with E-state index in [4.69, 9.17) is 9.97 Å². The molecule has 5 nitrogen and oxygen atoms in total.